The Kier molecular flexibility index (Phi) is 3.14. The summed E-state index contributed by atoms with van der Waals surface area (Å²) in [5, 5.41) is 0. The molecule has 5 nitrogen and oxygen atoms in total. The molecule has 0 bridgehead atoms. The van der Waals surface area contributed by atoms with Crippen LogP contribution in [0.3, 0.4) is 0 Å². The van der Waals surface area contributed by atoms with Gasteiger partial charge in [0.2, 0.25) is 0 Å². The maximum Gasteiger partial charge on any atom is 0.138 e. The molecule has 3 aromatic carbocycles. The molecule has 0 radical (unpaired) electrons. The molecule has 0 amide bonds. The molecular weight excluding hydrogens is 348 g/mol. The predicted molar refractivity (Wildman–Crippen MR) is 109 cm³/mol. The van der Waals surface area contributed by atoms with Crippen LogP contribution >= 0.6 is 0 Å². The van der Waals surface area contributed by atoms with E-state index in [-0.39, 0.29) is 6.04 Å². The van der Waals surface area contributed by atoms with Crippen molar-refractivity contribution in [2.45, 2.75) is 12.6 Å². The molecule has 3 heterocycles. The van der Waals surface area contributed by atoms with Gasteiger partial charge in [-0.15, -0.1) is 0 Å². The van der Waals surface area contributed by atoms with Crippen molar-refractivity contribution in [3.63, 3.8) is 0 Å². The van der Waals surface area contributed by atoms with Gasteiger partial charge in [-0.1, -0.05) is 36.4 Å². The molecule has 1 aliphatic rings. The van der Waals surface area contributed by atoms with Crippen molar-refractivity contribution < 1.29 is 4.74 Å². The van der Waals surface area contributed by atoms with E-state index < -0.39 is 0 Å². The van der Waals surface area contributed by atoms with E-state index in [9.17, 15) is 0 Å². The lowest BCUT2D eigenvalue weighted by molar-refractivity contribution is 0.414. The Hall–Kier alpha value is -3.60. The summed E-state index contributed by atoms with van der Waals surface area (Å²) >= 11 is 0. The number of hydrogen-bond acceptors (Lipinski definition) is 3. The van der Waals surface area contributed by atoms with Gasteiger partial charge in [0.1, 0.15) is 23.4 Å². The zero-order valence-electron chi connectivity index (χ0n) is 15.4. The number of ether oxygens (including phenoxy) is 1. The highest BCUT2D eigenvalue weighted by molar-refractivity contribution is 5.79. The van der Waals surface area contributed by atoms with Crippen LogP contribution in [0.1, 0.15) is 23.3 Å². The molecule has 1 unspecified atom stereocenters. The lowest BCUT2D eigenvalue weighted by atomic mass is 10.0. The first kappa shape index (κ1) is 15.5. The van der Waals surface area contributed by atoms with Gasteiger partial charge in [-0.3, -0.25) is 0 Å². The van der Waals surface area contributed by atoms with E-state index in [4.69, 9.17) is 14.7 Å². The fourth-order valence-corrected chi connectivity index (χ4v) is 4.30. The van der Waals surface area contributed by atoms with E-state index in [1.807, 2.05) is 24.3 Å². The first-order chi connectivity index (χ1) is 13.8. The zero-order valence-corrected chi connectivity index (χ0v) is 15.4. The van der Waals surface area contributed by atoms with Gasteiger partial charge in [0.05, 0.1) is 35.7 Å². The molecule has 2 aromatic heterocycles. The molecule has 1 atom stereocenters. The number of hydrogen-bond donors (Lipinski definition) is 0. The van der Waals surface area contributed by atoms with Gasteiger partial charge in [0, 0.05) is 0 Å². The summed E-state index contributed by atoms with van der Waals surface area (Å²) < 4.78 is 9.99. The third kappa shape index (κ3) is 2.07. The summed E-state index contributed by atoms with van der Waals surface area (Å²) in [6, 6.07) is 24.9. The van der Waals surface area contributed by atoms with Crippen molar-refractivity contribution in [3.8, 4) is 5.75 Å². The highest BCUT2D eigenvalue weighted by atomic mass is 16.5. The van der Waals surface area contributed by atoms with Crippen LogP contribution < -0.4 is 4.74 Å². The smallest absolute Gasteiger partial charge is 0.138 e. The predicted octanol–water partition coefficient (Wildman–Crippen LogP) is 4.39. The number of para-hydroxylation sites is 4. The molecule has 136 valence electrons. The molecule has 0 spiro atoms. The van der Waals surface area contributed by atoms with Crippen molar-refractivity contribution in [2.24, 2.45) is 0 Å². The van der Waals surface area contributed by atoms with Crippen LogP contribution in [0.4, 0.5) is 0 Å². The second-order valence-corrected chi connectivity index (χ2v) is 7.11. The Morgan fingerprint density at radius 1 is 0.821 bits per heavy atom. The fraction of sp³-hybridized carbons (Fsp3) is 0.130. The minimum Gasteiger partial charge on any atom is -0.497 e. The quantitative estimate of drug-likeness (QED) is 0.456. The zero-order chi connectivity index (χ0) is 18.7. The summed E-state index contributed by atoms with van der Waals surface area (Å²) in [5.74, 6) is 2.95. The van der Waals surface area contributed by atoms with E-state index in [1.54, 1.807) is 7.11 Å². The first-order valence-corrected chi connectivity index (χ1v) is 9.38. The minimum atomic E-state index is -0.0329. The Labute approximate surface area is 161 Å². The molecule has 1 aliphatic heterocycles. The van der Waals surface area contributed by atoms with Crippen molar-refractivity contribution >= 4 is 22.1 Å². The van der Waals surface area contributed by atoms with Gasteiger partial charge in [0.25, 0.3) is 0 Å². The number of nitrogens with zero attached hydrogens (tertiary/aromatic N) is 4. The van der Waals surface area contributed by atoms with Crippen molar-refractivity contribution in [3.05, 3.63) is 90.0 Å². The molecule has 0 aliphatic carbocycles. The van der Waals surface area contributed by atoms with Gasteiger partial charge in [-0.25, -0.2) is 9.97 Å². The summed E-state index contributed by atoms with van der Waals surface area (Å²) in [7, 11) is 1.69. The number of methoxy groups -OCH3 is 1. The largest absolute Gasteiger partial charge is 0.497 e. The number of benzene rings is 3. The molecule has 0 saturated heterocycles. The Balaban J connectivity index is 1.67. The molecule has 5 heteroatoms. The first-order valence-electron chi connectivity index (χ1n) is 9.38. The van der Waals surface area contributed by atoms with Gasteiger partial charge < -0.3 is 13.9 Å². The van der Waals surface area contributed by atoms with Crippen LogP contribution in [0, 0.1) is 0 Å². The molecular formula is C23H18N4O. The van der Waals surface area contributed by atoms with E-state index in [0.29, 0.717) is 0 Å². The van der Waals surface area contributed by atoms with Gasteiger partial charge in [-0.2, -0.15) is 0 Å². The maximum atomic E-state index is 5.36. The second kappa shape index (κ2) is 5.70. The number of fused-ring (bicyclic) bond motifs is 6. The van der Waals surface area contributed by atoms with Gasteiger partial charge >= 0.3 is 0 Å². The Bertz CT molecular complexity index is 1320. The third-order valence-corrected chi connectivity index (χ3v) is 5.59. The maximum absolute atomic E-state index is 5.36. The summed E-state index contributed by atoms with van der Waals surface area (Å²) in [6.45, 7) is 0.719. The van der Waals surface area contributed by atoms with Crippen molar-refractivity contribution in [2.75, 3.05) is 7.11 Å². The molecule has 0 saturated carbocycles. The minimum absolute atomic E-state index is 0.0329. The molecule has 6 rings (SSSR count). The Morgan fingerprint density at radius 2 is 1.50 bits per heavy atom. The molecule has 28 heavy (non-hydrogen) atoms. The summed E-state index contributed by atoms with van der Waals surface area (Å²) in [5.41, 5.74) is 5.49. The van der Waals surface area contributed by atoms with Gasteiger partial charge in [-0.05, 0) is 42.0 Å². The molecule has 0 fully saturated rings. The average Bonchev–Trinajstić information content (AvgIpc) is 3.30. The normalized spacial score (nSPS) is 15.5. The van der Waals surface area contributed by atoms with Crippen LogP contribution in [-0.4, -0.2) is 26.2 Å². The highest BCUT2D eigenvalue weighted by Gasteiger charge is 2.32. The van der Waals surface area contributed by atoms with E-state index in [1.165, 1.54) is 5.56 Å². The van der Waals surface area contributed by atoms with Crippen LogP contribution in [0.25, 0.3) is 22.1 Å². The van der Waals surface area contributed by atoms with E-state index >= 15 is 0 Å². The summed E-state index contributed by atoms with van der Waals surface area (Å²) in [6.07, 6.45) is 0. The third-order valence-electron chi connectivity index (χ3n) is 5.59. The lowest BCUT2D eigenvalue weighted by Crippen LogP contribution is -2.26. The Morgan fingerprint density at radius 3 is 2.25 bits per heavy atom. The van der Waals surface area contributed by atoms with Gasteiger partial charge in [0.15, 0.2) is 0 Å². The van der Waals surface area contributed by atoms with Crippen molar-refractivity contribution in [1.29, 1.82) is 0 Å². The van der Waals surface area contributed by atoms with Crippen molar-refractivity contribution in [1.82, 2.24) is 19.1 Å². The van der Waals surface area contributed by atoms with Crippen LogP contribution in [-0.2, 0) is 6.54 Å². The highest BCUT2D eigenvalue weighted by Crippen LogP contribution is 2.37. The number of imidazole rings is 2. The van der Waals surface area contributed by atoms with E-state index in [2.05, 4.69) is 57.7 Å². The number of rotatable bonds is 2. The fourth-order valence-electron chi connectivity index (χ4n) is 4.30. The van der Waals surface area contributed by atoms with Crippen LogP contribution in [0.5, 0.6) is 5.75 Å². The molecule has 0 N–H and O–H groups in total. The van der Waals surface area contributed by atoms with E-state index in [0.717, 1.165) is 46.0 Å². The monoisotopic (exact) mass is 366 g/mol. The standard InChI is InChI=1S/C23H18N4O/c1-28-16-12-10-15(11-13-16)22-23-25-17-6-2-4-8-19(17)26(23)14-21-24-18-7-3-5-9-20(18)27(21)22/h2-13,22H,14H2,1H3. The molecule has 5 aromatic rings. The lowest BCUT2D eigenvalue weighted by Gasteiger charge is -2.28. The van der Waals surface area contributed by atoms with Crippen LogP contribution in [0.2, 0.25) is 0 Å². The van der Waals surface area contributed by atoms with Crippen LogP contribution in [0.15, 0.2) is 72.8 Å². The topological polar surface area (TPSA) is 44.9 Å². The number of aromatic nitrogens is 4. The average molecular weight is 366 g/mol. The summed E-state index contributed by atoms with van der Waals surface area (Å²) in [4.78, 5) is 9.96. The second-order valence-electron chi connectivity index (χ2n) is 7.11. The SMILES string of the molecule is COc1ccc(C2c3nc4ccccc4n3Cc3nc4ccccc4n32)cc1.